The van der Waals surface area contributed by atoms with Crippen LogP contribution in [-0.2, 0) is 20.3 Å². The van der Waals surface area contributed by atoms with Crippen molar-refractivity contribution in [3.63, 3.8) is 0 Å². The Labute approximate surface area is 113 Å². The molecular weight excluding hydrogens is 336 g/mol. The van der Waals surface area contributed by atoms with E-state index >= 15 is 0 Å². The van der Waals surface area contributed by atoms with Crippen molar-refractivity contribution in [2.75, 3.05) is 7.11 Å². The number of carbonyl (C=O) groups is 1. The molecule has 0 aliphatic rings. The minimum absolute atomic E-state index is 0.229. The summed E-state index contributed by atoms with van der Waals surface area (Å²) >= 11 is 6.85. The number of carbonyl (C=O) groups excluding carboxylic acids is 1. The summed E-state index contributed by atoms with van der Waals surface area (Å²) in [6.45, 7) is 3.74. The van der Waals surface area contributed by atoms with Gasteiger partial charge in [-0.2, -0.15) is 0 Å². The van der Waals surface area contributed by atoms with Gasteiger partial charge in [0.25, 0.3) is 0 Å². The van der Waals surface area contributed by atoms with E-state index in [0.717, 1.165) is 20.9 Å². The van der Waals surface area contributed by atoms with Crippen LogP contribution < -0.4 is 0 Å². The standard InChI is InChI=1S/C12H14Br2O2/c1-12(2,11(15)16-3)10-6-9(14)5-4-8(10)7-13/h4-6H,7H2,1-3H3. The quantitative estimate of drug-likeness (QED) is 0.613. The first-order valence-electron chi connectivity index (χ1n) is 4.86. The van der Waals surface area contributed by atoms with Crippen LogP contribution in [0.2, 0.25) is 0 Å². The molecule has 1 aromatic carbocycles. The lowest BCUT2D eigenvalue weighted by Gasteiger charge is -2.24. The molecule has 0 aromatic heterocycles. The van der Waals surface area contributed by atoms with E-state index in [1.807, 2.05) is 32.0 Å². The molecule has 0 heterocycles. The second-order valence-corrected chi connectivity index (χ2v) is 5.53. The monoisotopic (exact) mass is 348 g/mol. The Hall–Kier alpha value is -0.350. The third-order valence-corrected chi connectivity index (χ3v) is 3.68. The normalized spacial score (nSPS) is 11.3. The van der Waals surface area contributed by atoms with E-state index in [4.69, 9.17) is 4.74 Å². The van der Waals surface area contributed by atoms with Gasteiger partial charge < -0.3 is 4.74 Å². The Bertz CT molecular complexity index is 400. The molecule has 16 heavy (non-hydrogen) atoms. The fraction of sp³-hybridized carbons (Fsp3) is 0.417. The molecule has 0 amide bonds. The van der Waals surface area contributed by atoms with Gasteiger partial charge in [0.05, 0.1) is 12.5 Å². The molecule has 0 N–H and O–H groups in total. The van der Waals surface area contributed by atoms with Gasteiger partial charge in [-0.3, -0.25) is 4.79 Å². The SMILES string of the molecule is COC(=O)C(C)(C)c1cc(Br)ccc1CBr. The molecule has 0 radical (unpaired) electrons. The second-order valence-electron chi connectivity index (χ2n) is 4.05. The Kier molecular flexibility index (Phi) is 4.56. The van der Waals surface area contributed by atoms with Crippen LogP contribution in [0.3, 0.4) is 0 Å². The molecule has 2 nitrogen and oxygen atoms in total. The van der Waals surface area contributed by atoms with Crippen molar-refractivity contribution in [2.24, 2.45) is 0 Å². The van der Waals surface area contributed by atoms with Crippen LogP contribution in [0.15, 0.2) is 22.7 Å². The van der Waals surface area contributed by atoms with E-state index < -0.39 is 5.41 Å². The topological polar surface area (TPSA) is 26.3 Å². The van der Waals surface area contributed by atoms with Crippen molar-refractivity contribution in [1.29, 1.82) is 0 Å². The summed E-state index contributed by atoms with van der Waals surface area (Å²) < 4.78 is 5.80. The first-order valence-corrected chi connectivity index (χ1v) is 6.78. The predicted molar refractivity (Wildman–Crippen MR) is 71.8 cm³/mol. The van der Waals surface area contributed by atoms with Crippen LogP contribution in [0, 0.1) is 0 Å². The summed E-state index contributed by atoms with van der Waals surface area (Å²) in [5, 5.41) is 0.718. The molecule has 1 rings (SSSR count). The van der Waals surface area contributed by atoms with Gasteiger partial charge in [-0.05, 0) is 37.1 Å². The fourth-order valence-electron chi connectivity index (χ4n) is 1.61. The zero-order valence-corrected chi connectivity index (χ0v) is 12.7. The van der Waals surface area contributed by atoms with Crippen LogP contribution in [0.4, 0.5) is 0 Å². The average molecular weight is 350 g/mol. The Balaban J connectivity index is 3.30. The van der Waals surface area contributed by atoms with Gasteiger partial charge in [0, 0.05) is 9.80 Å². The maximum absolute atomic E-state index is 11.8. The Morgan fingerprint density at radius 3 is 2.56 bits per heavy atom. The van der Waals surface area contributed by atoms with Crippen molar-refractivity contribution in [3.8, 4) is 0 Å². The summed E-state index contributed by atoms with van der Waals surface area (Å²) in [4.78, 5) is 11.8. The van der Waals surface area contributed by atoms with Crippen molar-refractivity contribution >= 4 is 37.8 Å². The molecule has 1 aromatic rings. The zero-order valence-electron chi connectivity index (χ0n) is 9.51. The minimum Gasteiger partial charge on any atom is -0.468 e. The maximum Gasteiger partial charge on any atom is 0.315 e. The van der Waals surface area contributed by atoms with Gasteiger partial charge in [-0.1, -0.05) is 37.9 Å². The highest BCUT2D eigenvalue weighted by molar-refractivity contribution is 9.10. The molecular formula is C12H14Br2O2. The Morgan fingerprint density at radius 1 is 1.44 bits per heavy atom. The summed E-state index contributed by atoms with van der Waals surface area (Å²) in [5.74, 6) is -0.229. The van der Waals surface area contributed by atoms with E-state index in [-0.39, 0.29) is 5.97 Å². The van der Waals surface area contributed by atoms with Crippen LogP contribution in [0.1, 0.15) is 25.0 Å². The van der Waals surface area contributed by atoms with Crippen molar-refractivity contribution in [2.45, 2.75) is 24.6 Å². The molecule has 0 fully saturated rings. The van der Waals surface area contributed by atoms with E-state index in [1.165, 1.54) is 7.11 Å². The third kappa shape index (κ3) is 2.66. The molecule has 0 aliphatic carbocycles. The van der Waals surface area contributed by atoms with E-state index in [9.17, 15) is 4.79 Å². The molecule has 0 bridgehead atoms. The summed E-state index contributed by atoms with van der Waals surface area (Å²) in [7, 11) is 1.41. The highest BCUT2D eigenvalue weighted by Crippen LogP contribution is 2.31. The lowest BCUT2D eigenvalue weighted by atomic mass is 9.82. The van der Waals surface area contributed by atoms with Gasteiger partial charge in [0.2, 0.25) is 0 Å². The summed E-state index contributed by atoms with van der Waals surface area (Å²) in [6, 6.07) is 5.93. The number of benzene rings is 1. The fourth-order valence-corrected chi connectivity index (χ4v) is 2.46. The molecule has 0 aliphatic heterocycles. The number of alkyl halides is 1. The van der Waals surface area contributed by atoms with Crippen molar-refractivity contribution < 1.29 is 9.53 Å². The van der Waals surface area contributed by atoms with Gasteiger partial charge in [-0.25, -0.2) is 0 Å². The number of hydrogen-bond donors (Lipinski definition) is 0. The van der Waals surface area contributed by atoms with Gasteiger partial charge in [0.15, 0.2) is 0 Å². The molecule has 0 unspecified atom stereocenters. The summed E-state index contributed by atoms with van der Waals surface area (Å²) in [5.41, 5.74) is 1.44. The lowest BCUT2D eigenvalue weighted by molar-refractivity contribution is -0.146. The van der Waals surface area contributed by atoms with Crippen molar-refractivity contribution in [1.82, 2.24) is 0 Å². The van der Waals surface area contributed by atoms with Gasteiger partial charge >= 0.3 is 5.97 Å². The third-order valence-electron chi connectivity index (χ3n) is 2.58. The number of rotatable bonds is 3. The maximum atomic E-state index is 11.8. The highest BCUT2D eigenvalue weighted by atomic mass is 79.9. The number of methoxy groups -OCH3 is 1. The predicted octanol–water partition coefficient (Wildman–Crippen LogP) is 3.79. The van der Waals surface area contributed by atoms with Gasteiger partial charge in [0.1, 0.15) is 0 Å². The van der Waals surface area contributed by atoms with E-state index in [2.05, 4.69) is 31.9 Å². The van der Waals surface area contributed by atoms with Gasteiger partial charge in [-0.15, -0.1) is 0 Å². The number of halogens is 2. The summed E-state index contributed by atoms with van der Waals surface area (Å²) in [6.07, 6.45) is 0. The second kappa shape index (κ2) is 5.32. The number of ether oxygens (including phenoxy) is 1. The number of hydrogen-bond acceptors (Lipinski definition) is 2. The van der Waals surface area contributed by atoms with E-state index in [1.54, 1.807) is 0 Å². The van der Waals surface area contributed by atoms with Crippen LogP contribution in [0.5, 0.6) is 0 Å². The molecule has 0 spiro atoms. The Morgan fingerprint density at radius 2 is 2.06 bits per heavy atom. The lowest BCUT2D eigenvalue weighted by Crippen LogP contribution is -2.31. The average Bonchev–Trinajstić information content (AvgIpc) is 2.27. The zero-order chi connectivity index (χ0) is 12.3. The highest BCUT2D eigenvalue weighted by Gasteiger charge is 2.32. The molecule has 4 heteroatoms. The van der Waals surface area contributed by atoms with E-state index in [0.29, 0.717) is 0 Å². The minimum atomic E-state index is -0.637. The molecule has 0 saturated heterocycles. The molecule has 0 saturated carbocycles. The largest absolute Gasteiger partial charge is 0.468 e. The van der Waals surface area contributed by atoms with Crippen LogP contribution in [-0.4, -0.2) is 13.1 Å². The first-order chi connectivity index (χ1) is 7.43. The molecule has 88 valence electrons. The molecule has 0 atom stereocenters. The van der Waals surface area contributed by atoms with Crippen LogP contribution >= 0.6 is 31.9 Å². The smallest absolute Gasteiger partial charge is 0.315 e. The van der Waals surface area contributed by atoms with Crippen molar-refractivity contribution in [3.05, 3.63) is 33.8 Å². The first kappa shape index (κ1) is 13.7. The van der Waals surface area contributed by atoms with Crippen LogP contribution in [0.25, 0.3) is 0 Å². The number of esters is 1.